The van der Waals surface area contributed by atoms with Gasteiger partial charge in [0.2, 0.25) is 0 Å². The van der Waals surface area contributed by atoms with Gasteiger partial charge in [-0.05, 0) is 48.0 Å². The van der Waals surface area contributed by atoms with Gasteiger partial charge < -0.3 is 24.4 Å². The van der Waals surface area contributed by atoms with Crippen molar-refractivity contribution in [3.8, 4) is 0 Å². The molecule has 31 heavy (non-hydrogen) atoms. The van der Waals surface area contributed by atoms with Crippen LogP contribution in [0.3, 0.4) is 0 Å². The summed E-state index contributed by atoms with van der Waals surface area (Å²) in [5, 5.41) is 7.50. The van der Waals surface area contributed by atoms with Gasteiger partial charge in [0.15, 0.2) is 5.96 Å². The molecule has 0 saturated carbocycles. The van der Waals surface area contributed by atoms with Crippen LogP contribution in [-0.2, 0) is 11.3 Å². The van der Waals surface area contributed by atoms with E-state index in [9.17, 15) is 4.79 Å². The largest absolute Gasteiger partial charge is 0.444 e. The number of nitrogens with zero attached hydrogens (tertiary/aromatic N) is 5. The minimum absolute atomic E-state index is 0.0456. The lowest BCUT2D eigenvalue weighted by Crippen LogP contribution is -2.52. The zero-order chi connectivity index (χ0) is 23.0. The average Bonchev–Trinajstić information content (AvgIpc) is 3.10. The van der Waals surface area contributed by atoms with Gasteiger partial charge in [-0.15, -0.1) is 0 Å². The van der Waals surface area contributed by atoms with Crippen molar-refractivity contribution in [1.29, 1.82) is 0 Å². The van der Waals surface area contributed by atoms with Crippen molar-refractivity contribution < 1.29 is 14.1 Å². The molecular formula is C22H40N6O3. The highest BCUT2D eigenvalue weighted by Gasteiger charge is 2.23. The summed E-state index contributed by atoms with van der Waals surface area (Å²) < 4.78 is 10.6. The number of carbonyl (C=O) groups is 1. The summed E-state index contributed by atoms with van der Waals surface area (Å²) in [6.07, 6.45) is 0.477. The Hall–Kier alpha value is -2.29. The van der Waals surface area contributed by atoms with Gasteiger partial charge in [-0.1, -0.05) is 5.16 Å². The molecule has 1 atom stereocenters. The maximum Gasteiger partial charge on any atom is 0.410 e. The standard InChI is InChI=1S/C22H40N6O3/c1-8-23-20(24-10-9-17(2)26(7)21(29)30-22(4,5)6)28-13-11-27(12-14-28)16-19-15-18(3)31-25-19/h15,17H,8-14,16H2,1-7H3,(H,23,24). The lowest BCUT2D eigenvalue weighted by Gasteiger charge is -2.36. The number of carbonyl (C=O) groups excluding carboxylic acids is 1. The Balaban J connectivity index is 1.82. The van der Waals surface area contributed by atoms with Crippen molar-refractivity contribution in [3.05, 3.63) is 17.5 Å². The van der Waals surface area contributed by atoms with E-state index >= 15 is 0 Å². The third-order valence-electron chi connectivity index (χ3n) is 5.22. The Morgan fingerprint density at radius 2 is 2.03 bits per heavy atom. The Morgan fingerprint density at radius 3 is 2.58 bits per heavy atom. The first-order valence-corrected chi connectivity index (χ1v) is 11.2. The van der Waals surface area contributed by atoms with E-state index in [-0.39, 0.29) is 12.1 Å². The van der Waals surface area contributed by atoms with E-state index in [1.54, 1.807) is 11.9 Å². The predicted molar refractivity (Wildman–Crippen MR) is 122 cm³/mol. The van der Waals surface area contributed by atoms with Gasteiger partial charge in [-0.3, -0.25) is 9.89 Å². The number of amides is 1. The molecule has 1 N–H and O–H groups in total. The van der Waals surface area contributed by atoms with E-state index in [1.807, 2.05) is 40.7 Å². The van der Waals surface area contributed by atoms with Crippen molar-refractivity contribution in [2.45, 2.75) is 66.2 Å². The van der Waals surface area contributed by atoms with Crippen LogP contribution in [0.5, 0.6) is 0 Å². The van der Waals surface area contributed by atoms with E-state index in [4.69, 9.17) is 14.3 Å². The van der Waals surface area contributed by atoms with E-state index in [0.29, 0.717) is 6.54 Å². The molecule has 1 fully saturated rings. The smallest absolute Gasteiger partial charge is 0.410 e. The summed E-state index contributed by atoms with van der Waals surface area (Å²) in [6, 6.07) is 2.04. The first-order valence-electron chi connectivity index (χ1n) is 11.2. The fourth-order valence-corrected chi connectivity index (χ4v) is 3.33. The summed E-state index contributed by atoms with van der Waals surface area (Å²) >= 11 is 0. The molecule has 1 aliphatic heterocycles. The summed E-state index contributed by atoms with van der Waals surface area (Å²) in [5.41, 5.74) is 0.491. The van der Waals surface area contributed by atoms with Crippen LogP contribution >= 0.6 is 0 Å². The molecular weight excluding hydrogens is 396 g/mol. The van der Waals surface area contributed by atoms with Crippen LogP contribution in [0.25, 0.3) is 0 Å². The third-order valence-corrected chi connectivity index (χ3v) is 5.22. The lowest BCUT2D eigenvalue weighted by atomic mass is 10.2. The van der Waals surface area contributed by atoms with Gasteiger partial charge in [0.05, 0.1) is 5.69 Å². The molecule has 0 bridgehead atoms. The van der Waals surface area contributed by atoms with Gasteiger partial charge in [0.1, 0.15) is 11.4 Å². The van der Waals surface area contributed by atoms with Crippen LogP contribution in [0, 0.1) is 6.92 Å². The Labute approximate surface area is 186 Å². The molecule has 1 aliphatic rings. The maximum atomic E-state index is 12.2. The summed E-state index contributed by atoms with van der Waals surface area (Å²) in [7, 11) is 1.78. The van der Waals surface area contributed by atoms with Crippen molar-refractivity contribution in [1.82, 2.24) is 25.2 Å². The molecule has 1 unspecified atom stereocenters. The third kappa shape index (κ3) is 8.40. The number of nitrogens with one attached hydrogen (secondary N) is 1. The molecule has 2 rings (SSSR count). The van der Waals surface area contributed by atoms with Crippen molar-refractivity contribution in [2.24, 2.45) is 4.99 Å². The number of hydrogen-bond donors (Lipinski definition) is 1. The predicted octanol–water partition coefficient (Wildman–Crippen LogP) is 2.71. The molecule has 0 aromatic carbocycles. The first-order chi connectivity index (χ1) is 14.6. The SMILES string of the molecule is CCNC(=NCCC(C)N(C)C(=O)OC(C)(C)C)N1CCN(Cc2cc(C)on2)CC1. The number of hydrogen-bond acceptors (Lipinski definition) is 6. The first kappa shape index (κ1) is 25.0. The number of aryl methyl sites for hydroxylation is 1. The average molecular weight is 437 g/mol. The number of ether oxygens (including phenoxy) is 1. The minimum Gasteiger partial charge on any atom is -0.444 e. The second kappa shape index (κ2) is 11.4. The van der Waals surface area contributed by atoms with Crippen molar-refractivity contribution in [3.63, 3.8) is 0 Å². The second-order valence-electron chi connectivity index (χ2n) is 9.16. The summed E-state index contributed by atoms with van der Waals surface area (Å²) in [5.74, 6) is 1.79. The Kier molecular flexibility index (Phi) is 9.15. The normalized spacial score (nSPS) is 16.9. The van der Waals surface area contributed by atoms with Gasteiger partial charge in [0.25, 0.3) is 0 Å². The summed E-state index contributed by atoms with van der Waals surface area (Å²) in [4.78, 5) is 23.4. The quantitative estimate of drug-likeness (QED) is 0.519. The highest BCUT2D eigenvalue weighted by atomic mass is 16.6. The van der Waals surface area contributed by atoms with E-state index < -0.39 is 5.60 Å². The van der Waals surface area contributed by atoms with E-state index in [2.05, 4.69) is 27.2 Å². The van der Waals surface area contributed by atoms with Gasteiger partial charge >= 0.3 is 6.09 Å². The number of guanidine groups is 1. The van der Waals surface area contributed by atoms with Crippen LogP contribution < -0.4 is 5.32 Å². The molecule has 1 aromatic rings. The van der Waals surface area contributed by atoms with Crippen LogP contribution in [0.2, 0.25) is 0 Å². The highest BCUT2D eigenvalue weighted by Crippen LogP contribution is 2.13. The van der Waals surface area contributed by atoms with Crippen LogP contribution in [0.4, 0.5) is 4.79 Å². The molecule has 9 heteroatoms. The van der Waals surface area contributed by atoms with Crippen LogP contribution in [-0.4, -0.2) is 89.9 Å². The molecule has 0 spiro atoms. The second-order valence-corrected chi connectivity index (χ2v) is 9.16. The Bertz CT molecular complexity index is 719. The van der Waals surface area contributed by atoms with Gasteiger partial charge in [0, 0.05) is 65.0 Å². The molecule has 1 saturated heterocycles. The Morgan fingerprint density at radius 1 is 1.35 bits per heavy atom. The number of aromatic nitrogens is 1. The molecule has 176 valence electrons. The molecule has 1 amide bonds. The number of piperazine rings is 1. The number of aliphatic imine (C=N–C) groups is 1. The van der Waals surface area contributed by atoms with Crippen LogP contribution in [0.1, 0.15) is 52.5 Å². The van der Waals surface area contributed by atoms with Crippen molar-refractivity contribution in [2.75, 3.05) is 46.3 Å². The summed E-state index contributed by atoms with van der Waals surface area (Å²) in [6.45, 7) is 17.7. The molecule has 0 radical (unpaired) electrons. The molecule has 0 aliphatic carbocycles. The van der Waals surface area contributed by atoms with Crippen molar-refractivity contribution >= 4 is 12.1 Å². The van der Waals surface area contributed by atoms with Gasteiger partial charge in [-0.25, -0.2) is 4.79 Å². The van der Waals surface area contributed by atoms with Crippen LogP contribution in [0.15, 0.2) is 15.6 Å². The monoisotopic (exact) mass is 436 g/mol. The fraction of sp³-hybridized carbons (Fsp3) is 0.773. The lowest BCUT2D eigenvalue weighted by molar-refractivity contribution is 0.0231. The molecule has 1 aromatic heterocycles. The zero-order valence-corrected chi connectivity index (χ0v) is 20.3. The van der Waals surface area contributed by atoms with E-state index in [0.717, 1.165) is 63.1 Å². The van der Waals surface area contributed by atoms with Gasteiger partial charge in [-0.2, -0.15) is 0 Å². The maximum absolute atomic E-state index is 12.2. The molecule has 2 heterocycles. The minimum atomic E-state index is -0.490. The highest BCUT2D eigenvalue weighted by molar-refractivity contribution is 5.80. The molecule has 9 nitrogen and oxygen atoms in total. The number of rotatable bonds is 7. The topological polar surface area (TPSA) is 86.4 Å². The zero-order valence-electron chi connectivity index (χ0n) is 20.3. The van der Waals surface area contributed by atoms with E-state index in [1.165, 1.54) is 0 Å². The fourth-order valence-electron chi connectivity index (χ4n) is 3.33.